The molecular weight excluding hydrogens is 427 g/mol. The van der Waals surface area contributed by atoms with E-state index in [0.717, 1.165) is 40.7 Å². The molecule has 1 aromatic heterocycles. The fourth-order valence-electron chi connectivity index (χ4n) is 2.64. The van der Waals surface area contributed by atoms with Crippen molar-refractivity contribution in [2.45, 2.75) is 25.2 Å². The van der Waals surface area contributed by atoms with Crippen LogP contribution in [0.4, 0.5) is 18.9 Å². The molecule has 0 bridgehead atoms. The standard InChI is InChI=1S/C18H15ClF3N5OS/c1-10-3-6-15(11(2)7-10)27-17(24-25-26-27)29-9-16(28)23-14-5-4-12(19)8-13(14)18(20,21)22/h3-8H,9H2,1-2H3,(H,23,28). The number of benzene rings is 2. The third-order valence-corrected chi connectivity index (χ3v) is 5.07. The van der Waals surface area contributed by atoms with Crippen molar-refractivity contribution in [1.29, 1.82) is 0 Å². The molecule has 0 aliphatic rings. The molecule has 1 amide bonds. The van der Waals surface area contributed by atoms with Gasteiger partial charge in [0.25, 0.3) is 0 Å². The van der Waals surface area contributed by atoms with E-state index in [1.807, 2.05) is 32.0 Å². The summed E-state index contributed by atoms with van der Waals surface area (Å²) in [5.74, 6) is -0.802. The van der Waals surface area contributed by atoms with Gasteiger partial charge in [0.2, 0.25) is 11.1 Å². The molecule has 0 spiro atoms. The molecule has 0 aliphatic carbocycles. The average Bonchev–Trinajstić information content (AvgIpc) is 3.09. The van der Waals surface area contributed by atoms with Gasteiger partial charge < -0.3 is 5.32 Å². The van der Waals surface area contributed by atoms with E-state index < -0.39 is 17.6 Å². The molecule has 3 rings (SSSR count). The second-order valence-electron chi connectivity index (χ2n) is 6.19. The van der Waals surface area contributed by atoms with E-state index in [1.54, 1.807) is 0 Å². The summed E-state index contributed by atoms with van der Waals surface area (Å²) >= 11 is 6.66. The van der Waals surface area contributed by atoms with Crippen molar-refractivity contribution in [2.24, 2.45) is 0 Å². The first kappa shape index (κ1) is 21.1. The average molecular weight is 442 g/mol. The normalized spacial score (nSPS) is 11.5. The molecule has 152 valence electrons. The molecule has 0 saturated carbocycles. The zero-order valence-electron chi connectivity index (χ0n) is 15.3. The molecule has 0 radical (unpaired) electrons. The number of amides is 1. The van der Waals surface area contributed by atoms with Crippen LogP contribution in [-0.2, 0) is 11.0 Å². The number of nitrogens with one attached hydrogen (secondary N) is 1. The fraction of sp³-hybridized carbons (Fsp3) is 0.222. The van der Waals surface area contributed by atoms with Crippen LogP contribution in [0.5, 0.6) is 0 Å². The Morgan fingerprint density at radius 3 is 2.66 bits per heavy atom. The quantitative estimate of drug-likeness (QED) is 0.582. The summed E-state index contributed by atoms with van der Waals surface area (Å²) in [6, 6.07) is 8.90. The summed E-state index contributed by atoms with van der Waals surface area (Å²) in [4.78, 5) is 12.2. The van der Waals surface area contributed by atoms with Gasteiger partial charge in [-0.05, 0) is 54.1 Å². The van der Waals surface area contributed by atoms with Crippen LogP contribution in [0.15, 0.2) is 41.6 Å². The van der Waals surface area contributed by atoms with Gasteiger partial charge in [-0.25, -0.2) is 0 Å². The van der Waals surface area contributed by atoms with Gasteiger partial charge >= 0.3 is 6.18 Å². The predicted octanol–water partition coefficient (Wildman–Crippen LogP) is 4.68. The van der Waals surface area contributed by atoms with E-state index in [-0.39, 0.29) is 16.5 Å². The Bertz CT molecular complexity index is 1050. The number of carbonyl (C=O) groups excluding carboxylic acids is 1. The van der Waals surface area contributed by atoms with Crippen molar-refractivity contribution in [3.63, 3.8) is 0 Å². The molecule has 3 aromatic rings. The van der Waals surface area contributed by atoms with Crippen LogP contribution in [0.2, 0.25) is 5.02 Å². The highest BCUT2D eigenvalue weighted by Gasteiger charge is 2.34. The number of aromatic nitrogens is 4. The van der Waals surface area contributed by atoms with Crippen LogP contribution >= 0.6 is 23.4 Å². The molecule has 0 saturated heterocycles. The molecule has 0 unspecified atom stereocenters. The zero-order valence-corrected chi connectivity index (χ0v) is 16.9. The number of tetrazole rings is 1. The van der Waals surface area contributed by atoms with Crippen LogP contribution in [0, 0.1) is 13.8 Å². The number of alkyl halides is 3. The van der Waals surface area contributed by atoms with Crippen molar-refractivity contribution < 1.29 is 18.0 Å². The molecule has 11 heteroatoms. The highest BCUT2D eigenvalue weighted by molar-refractivity contribution is 7.99. The van der Waals surface area contributed by atoms with Crippen LogP contribution in [0.1, 0.15) is 16.7 Å². The van der Waals surface area contributed by atoms with Crippen molar-refractivity contribution in [3.05, 3.63) is 58.1 Å². The Morgan fingerprint density at radius 2 is 1.97 bits per heavy atom. The van der Waals surface area contributed by atoms with Crippen molar-refractivity contribution in [2.75, 3.05) is 11.1 Å². The number of hydrogen-bond acceptors (Lipinski definition) is 5. The number of hydrogen-bond donors (Lipinski definition) is 1. The molecule has 0 aliphatic heterocycles. The van der Waals surface area contributed by atoms with E-state index in [2.05, 4.69) is 20.8 Å². The van der Waals surface area contributed by atoms with Gasteiger partial charge in [-0.2, -0.15) is 17.9 Å². The van der Waals surface area contributed by atoms with E-state index in [4.69, 9.17) is 11.6 Å². The maximum absolute atomic E-state index is 13.1. The summed E-state index contributed by atoms with van der Waals surface area (Å²) in [5.41, 5.74) is 1.40. The summed E-state index contributed by atoms with van der Waals surface area (Å²) in [6.07, 6.45) is -4.65. The Kier molecular flexibility index (Phi) is 6.13. The van der Waals surface area contributed by atoms with Gasteiger partial charge in [-0.1, -0.05) is 41.1 Å². The Hall–Kier alpha value is -2.59. The number of halogens is 4. The summed E-state index contributed by atoms with van der Waals surface area (Å²) in [7, 11) is 0. The van der Waals surface area contributed by atoms with Gasteiger partial charge in [-0.3, -0.25) is 4.79 Å². The third kappa shape index (κ3) is 5.07. The minimum atomic E-state index is -4.65. The lowest BCUT2D eigenvalue weighted by molar-refractivity contribution is -0.137. The molecule has 0 atom stereocenters. The van der Waals surface area contributed by atoms with Crippen LogP contribution in [-0.4, -0.2) is 31.9 Å². The zero-order chi connectivity index (χ0) is 21.2. The van der Waals surface area contributed by atoms with Crippen LogP contribution < -0.4 is 5.32 Å². The summed E-state index contributed by atoms with van der Waals surface area (Å²) < 4.78 is 40.9. The van der Waals surface area contributed by atoms with Gasteiger partial charge in [0.05, 0.1) is 22.7 Å². The topological polar surface area (TPSA) is 72.7 Å². The molecule has 29 heavy (non-hydrogen) atoms. The smallest absolute Gasteiger partial charge is 0.325 e. The van der Waals surface area contributed by atoms with E-state index in [0.29, 0.717) is 5.16 Å². The Balaban J connectivity index is 1.73. The lowest BCUT2D eigenvalue weighted by atomic mass is 10.1. The maximum Gasteiger partial charge on any atom is 0.418 e. The molecule has 1 heterocycles. The third-order valence-electron chi connectivity index (χ3n) is 3.91. The van der Waals surface area contributed by atoms with Crippen molar-refractivity contribution in [1.82, 2.24) is 20.2 Å². The number of thioether (sulfide) groups is 1. The second kappa shape index (κ2) is 8.42. The Morgan fingerprint density at radius 1 is 1.21 bits per heavy atom. The van der Waals surface area contributed by atoms with Gasteiger partial charge in [0.1, 0.15) is 0 Å². The predicted molar refractivity (Wildman–Crippen MR) is 104 cm³/mol. The maximum atomic E-state index is 13.1. The number of nitrogens with zero attached hydrogens (tertiary/aromatic N) is 4. The van der Waals surface area contributed by atoms with Crippen LogP contribution in [0.25, 0.3) is 5.69 Å². The Labute approximate surface area is 173 Å². The van der Waals surface area contributed by atoms with E-state index in [9.17, 15) is 18.0 Å². The van der Waals surface area contributed by atoms with Crippen molar-refractivity contribution >= 4 is 35.0 Å². The van der Waals surface area contributed by atoms with E-state index >= 15 is 0 Å². The first-order valence-corrected chi connectivity index (χ1v) is 9.67. The molecular formula is C18H15ClF3N5OS. The molecule has 1 N–H and O–H groups in total. The molecule has 0 fully saturated rings. The lowest BCUT2D eigenvalue weighted by Crippen LogP contribution is -2.18. The summed E-state index contributed by atoms with van der Waals surface area (Å²) in [6.45, 7) is 3.87. The first-order chi connectivity index (χ1) is 13.6. The number of anilines is 1. The minimum absolute atomic E-state index is 0.0719. The van der Waals surface area contributed by atoms with Gasteiger partial charge in [-0.15, -0.1) is 5.10 Å². The highest BCUT2D eigenvalue weighted by atomic mass is 35.5. The number of rotatable bonds is 5. The number of carbonyl (C=O) groups is 1. The SMILES string of the molecule is Cc1ccc(-n2nnnc2SCC(=O)Nc2ccc(Cl)cc2C(F)(F)F)c(C)c1. The minimum Gasteiger partial charge on any atom is -0.325 e. The molecule has 6 nitrogen and oxygen atoms in total. The number of aryl methyl sites for hydroxylation is 2. The van der Waals surface area contributed by atoms with E-state index in [1.165, 1.54) is 10.7 Å². The lowest BCUT2D eigenvalue weighted by Gasteiger charge is -2.14. The molecule has 2 aromatic carbocycles. The monoisotopic (exact) mass is 441 g/mol. The largest absolute Gasteiger partial charge is 0.418 e. The fourth-order valence-corrected chi connectivity index (χ4v) is 3.50. The van der Waals surface area contributed by atoms with Gasteiger partial charge in [0, 0.05) is 5.02 Å². The van der Waals surface area contributed by atoms with Gasteiger partial charge in [0.15, 0.2) is 0 Å². The second-order valence-corrected chi connectivity index (χ2v) is 7.57. The van der Waals surface area contributed by atoms with Crippen LogP contribution in [0.3, 0.4) is 0 Å². The summed E-state index contributed by atoms with van der Waals surface area (Å²) in [5, 5.41) is 14.0. The van der Waals surface area contributed by atoms with Crippen molar-refractivity contribution in [3.8, 4) is 5.69 Å². The highest BCUT2D eigenvalue weighted by Crippen LogP contribution is 2.36. The first-order valence-electron chi connectivity index (χ1n) is 8.30.